The van der Waals surface area contributed by atoms with E-state index in [9.17, 15) is 4.79 Å². The van der Waals surface area contributed by atoms with E-state index in [1.54, 1.807) is 24.6 Å². The highest BCUT2D eigenvalue weighted by atomic mass is 32.1. The van der Waals surface area contributed by atoms with Crippen molar-refractivity contribution in [2.24, 2.45) is 0 Å². The van der Waals surface area contributed by atoms with Gasteiger partial charge in [0.1, 0.15) is 5.76 Å². The van der Waals surface area contributed by atoms with Crippen molar-refractivity contribution in [3.05, 3.63) is 77.7 Å². The van der Waals surface area contributed by atoms with Gasteiger partial charge in [0.15, 0.2) is 0 Å². The molecule has 0 unspecified atom stereocenters. The molecule has 1 aromatic carbocycles. The number of nitrogens with zero attached hydrogens (tertiary/aromatic N) is 3. The molecule has 1 aliphatic heterocycles. The number of aromatic nitrogens is 2. The second-order valence-corrected chi connectivity index (χ2v) is 8.55. The van der Waals surface area contributed by atoms with E-state index in [0.29, 0.717) is 23.1 Å². The van der Waals surface area contributed by atoms with E-state index in [0.717, 1.165) is 48.2 Å². The first kappa shape index (κ1) is 21.2. The van der Waals surface area contributed by atoms with Gasteiger partial charge < -0.3 is 24.7 Å². The molecule has 5 rings (SSSR count). The molecule has 1 aliphatic rings. The molecule has 0 radical (unpaired) electrons. The highest BCUT2D eigenvalue weighted by Gasteiger charge is 2.13. The Kier molecular flexibility index (Phi) is 6.32. The number of rotatable bonds is 7. The minimum atomic E-state index is -0.144. The first-order valence-corrected chi connectivity index (χ1v) is 11.5. The van der Waals surface area contributed by atoms with E-state index in [1.807, 2.05) is 30.3 Å². The molecular weight excluding hydrogens is 438 g/mol. The van der Waals surface area contributed by atoms with Crippen molar-refractivity contribution in [1.82, 2.24) is 15.3 Å². The van der Waals surface area contributed by atoms with Gasteiger partial charge in [-0.15, -0.1) is 11.3 Å². The van der Waals surface area contributed by atoms with Gasteiger partial charge in [0.05, 0.1) is 41.5 Å². The number of morpholine rings is 1. The average molecular weight is 462 g/mol. The molecule has 0 atom stereocenters. The van der Waals surface area contributed by atoms with Gasteiger partial charge in [0.25, 0.3) is 5.91 Å². The van der Waals surface area contributed by atoms with Crippen LogP contribution in [0, 0.1) is 0 Å². The van der Waals surface area contributed by atoms with Crippen LogP contribution in [0.4, 0.5) is 17.3 Å². The van der Waals surface area contributed by atoms with Crippen LogP contribution in [-0.4, -0.2) is 42.2 Å². The van der Waals surface area contributed by atoms with Crippen LogP contribution in [0.2, 0.25) is 0 Å². The highest BCUT2D eigenvalue weighted by Crippen LogP contribution is 2.28. The number of carbonyl (C=O) groups excluding carboxylic acids is 1. The molecule has 1 fully saturated rings. The van der Waals surface area contributed by atoms with Crippen LogP contribution in [0.15, 0.2) is 71.5 Å². The number of benzene rings is 1. The number of hydrogen-bond donors (Lipinski definition) is 2. The van der Waals surface area contributed by atoms with E-state index in [1.165, 1.54) is 11.3 Å². The summed E-state index contributed by atoms with van der Waals surface area (Å²) in [7, 11) is 0. The van der Waals surface area contributed by atoms with Gasteiger partial charge in [0, 0.05) is 30.7 Å². The fraction of sp³-hybridized carbons (Fsp3) is 0.208. The standard InChI is InChI=1S/C24H23N5O3S/c30-23(26-16-19-5-2-12-32-19)22-7-6-21(33-22)20-8-9-25-24(28-20)27-17-3-1-4-18(15-17)29-10-13-31-14-11-29/h1-9,12,15H,10-11,13-14,16H2,(H,26,30)(H,25,27,28). The van der Waals surface area contributed by atoms with Crippen molar-refractivity contribution < 1.29 is 13.9 Å². The van der Waals surface area contributed by atoms with Crippen LogP contribution in [0.5, 0.6) is 0 Å². The average Bonchev–Trinajstić information content (AvgIpc) is 3.56. The summed E-state index contributed by atoms with van der Waals surface area (Å²) in [5.41, 5.74) is 2.81. The molecule has 1 amide bonds. The topological polar surface area (TPSA) is 92.5 Å². The maximum absolute atomic E-state index is 12.5. The summed E-state index contributed by atoms with van der Waals surface area (Å²) in [6.45, 7) is 3.60. The fourth-order valence-electron chi connectivity index (χ4n) is 3.55. The van der Waals surface area contributed by atoms with Crippen molar-refractivity contribution in [3.63, 3.8) is 0 Å². The molecule has 0 saturated carbocycles. The quantitative estimate of drug-likeness (QED) is 0.424. The third-order valence-corrected chi connectivity index (χ3v) is 6.33. The summed E-state index contributed by atoms with van der Waals surface area (Å²) in [6, 6.07) is 17.4. The van der Waals surface area contributed by atoms with Crippen molar-refractivity contribution in [2.75, 3.05) is 36.5 Å². The Labute approximate surface area is 195 Å². The SMILES string of the molecule is O=C(NCc1ccco1)c1ccc(-c2ccnc(Nc3cccc(N4CCOCC4)c3)n2)s1. The Balaban J connectivity index is 1.26. The summed E-state index contributed by atoms with van der Waals surface area (Å²) in [4.78, 5) is 25.3. The zero-order valence-electron chi connectivity index (χ0n) is 17.9. The van der Waals surface area contributed by atoms with Crippen LogP contribution in [0.25, 0.3) is 10.6 Å². The Morgan fingerprint density at radius 1 is 1.09 bits per heavy atom. The monoisotopic (exact) mass is 461 g/mol. The molecule has 0 aliphatic carbocycles. The van der Waals surface area contributed by atoms with Crippen LogP contribution in [0.1, 0.15) is 15.4 Å². The first-order chi connectivity index (χ1) is 16.2. The molecule has 0 bridgehead atoms. The number of amides is 1. The molecule has 168 valence electrons. The number of thiophene rings is 1. The van der Waals surface area contributed by atoms with Crippen molar-refractivity contribution in [3.8, 4) is 10.6 Å². The fourth-order valence-corrected chi connectivity index (χ4v) is 4.44. The molecule has 33 heavy (non-hydrogen) atoms. The number of anilines is 3. The lowest BCUT2D eigenvalue weighted by Gasteiger charge is -2.29. The predicted octanol–water partition coefficient (Wildman–Crippen LogP) is 4.31. The molecule has 2 N–H and O–H groups in total. The second-order valence-electron chi connectivity index (χ2n) is 7.47. The zero-order chi connectivity index (χ0) is 22.5. The van der Waals surface area contributed by atoms with E-state index in [4.69, 9.17) is 9.15 Å². The third kappa shape index (κ3) is 5.21. The maximum atomic E-state index is 12.5. The predicted molar refractivity (Wildman–Crippen MR) is 128 cm³/mol. The minimum absolute atomic E-state index is 0.144. The van der Waals surface area contributed by atoms with Crippen LogP contribution < -0.4 is 15.5 Å². The van der Waals surface area contributed by atoms with Gasteiger partial charge in [0.2, 0.25) is 5.95 Å². The Morgan fingerprint density at radius 2 is 2.00 bits per heavy atom. The highest BCUT2D eigenvalue weighted by molar-refractivity contribution is 7.17. The molecule has 3 aromatic heterocycles. The number of carbonyl (C=O) groups is 1. The number of hydrogen-bond acceptors (Lipinski definition) is 8. The second kappa shape index (κ2) is 9.85. The summed E-state index contributed by atoms with van der Waals surface area (Å²) >= 11 is 1.39. The van der Waals surface area contributed by atoms with Gasteiger partial charge in [-0.25, -0.2) is 9.97 Å². The van der Waals surface area contributed by atoms with Gasteiger partial charge in [-0.1, -0.05) is 6.07 Å². The lowest BCUT2D eigenvalue weighted by Crippen LogP contribution is -2.36. The number of nitrogens with one attached hydrogen (secondary N) is 2. The third-order valence-electron chi connectivity index (χ3n) is 5.22. The van der Waals surface area contributed by atoms with Crippen LogP contribution >= 0.6 is 11.3 Å². The molecular formula is C24H23N5O3S. The smallest absolute Gasteiger partial charge is 0.261 e. The Bertz CT molecular complexity index is 1220. The van der Waals surface area contributed by atoms with E-state index < -0.39 is 0 Å². The summed E-state index contributed by atoms with van der Waals surface area (Å²) in [5.74, 6) is 1.07. The van der Waals surface area contributed by atoms with Crippen LogP contribution in [-0.2, 0) is 11.3 Å². The van der Waals surface area contributed by atoms with Gasteiger partial charge >= 0.3 is 0 Å². The Hall–Kier alpha value is -3.69. The van der Waals surface area contributed by atoms with Crippen molar-refractivity contribution in [2.45, 2.75) is 6.54 Å². The lowest BCUT2D eigenvalue weighted by molar-refractivity contribution is 0.0952. The summed E-state index contributed by atoms with van der Waals surface area (Å²) in [6.07, 6.45) is 3.30. The zero-order valence-corrected chi connectivity index (χ0v) is 18.7. The van der Waals surface area contributed by atoms with Gasteiger partial charge in [-0.05, 0) is 48.5 Å². The van der Waals surface area contributed by atoms with Gasteiger partial charge in [-0.3, -0.25) is 4.79 Å². The Morgan fingerprint density at radius 3 is 2.85 bits per heavy atom. The molecule has 8 nitrogen and oxygen atoms in total. The number of furan rings is 1. The van der Waals surface area contributed by atoms with E-state index in [2.05, 4.69) is 37.6 Å². The molecule has 0 spiro atoms. The van der Waals surface area contributed by atoms with Gasteiger partial charge in [-0.2, -0.15) is 0 Å². The van der Waals surface area contributed by atoms with Crippen molar-refractivity contribution >= 4 is 34.6 Å². The molecule has 1 saturated heterocycles. The molecule has 4 aromatic rings. The molecule has 4 heterocycles. The summed E-state index contributed by atoms with van der Waals surface area (Å²) in [5, 5.41) is 6.16. The summed E-state index contributed by atoms with van der Waals surface area (Å²) < 4.78 is 10.7. The number of ether oxygens (including phenoxy) is 1. The normalized spacial score (nSPS) is 13.6. The largest absolute Gasteiger partial charge is 0.467 e. The van der Waals surface area contributed by atoms with Crippen LogP contribution in [0.3, 0.4) is 0 Å². The van der Waals surface area contributed by atoms with Crippen molar-refractivity contribution in [1.29, 1.82) is 0 Å². The minimum Gasteiger partial charge on any atom is -0.467 e. The maximum Gasteiger partial charge on any atom is 0.261 e. The van der Waals surface area contributed by atoms with E-state index >= 15 is 0 Å². The first-order valence-electron chi connectivity index (χ1n) is 10.7. The molecule has 9 heteroatoms. The lowest BCUT2D eigenvalue weighted by atomic mass is 10.2. The van der Waals surface area contributed by atoms with E-state index in [-0.39, 0.29) is 5.91 Å².